The average molecular weight is 329 g/mol. The van der Waals surface area contributed by atoms with Gasteiger partial charge in [0.05, 0.1) is 0 Å². The molecule has 1 heterocycles. The van der Waals surface area contributed by atoms with Crippen LogP contribution >= 0.6 is 0 Å². The van der Waals surface area contributed by atoms with Crippen molar-refractivity contribution in [3.8, 4) is 0 Å². The molecule has 2 N–H and O–H groups in total. The van der Waals surface area contributed by atoms with Crippen LogP contribution in [0.15, 0.2) is 0 Å². The van der Waals surface area contributed by atoms with Crippen molar-refractivity contribution in [1.29, 1.82) is 0 Å². The van der Waals surface area contributed by atoms with Crippen molar-refractivity contribution in [2.75, 3.05) is 13.1 Å². The fourth-order valence-corrected chi connectivity index (χ4v) is 4.39. The molecular formula is C19H40N2O2. The minimum absolute atomic E-state index is 0.240. The lowest BCUT2D eigenvalue weighted by Crippen LogP contribution is -2.64. The van der Waals surface area contributed by atoms with Gasteiger partial charge in [0.25, 0.3) is 0 Å². The molecule has 5 atom stereocenters. The Balaban J connectivity index is 2.83. The third kappa shape index (κ3) is 4.47. The van der Waals surface area contributed by atoms with E-state index in [1.807, 2.05) is 0 Å². The summed E-state index contributed by atoms with van der Waals surface area (Å²) in [6.45, 7) is 17.0. The molecule has 0 spiro atoms. The van der Waals surface area contributed by atoms with Gasteiger partial charge in [-0.05, 0) is 65.7 Å². The summed E-state index contributed by atoms with van der Waals surface area (Å²) in [6, 6.07) is 0. The smallest absolute Gasteiger partial charge is 0.106 e. The Morgan fingerprint density at radius 2 is 1.70 bits per heavy atom. The van der Waals surface area contributed by atoms with Gasteiger partial charge in [0.1, 0.15) is 12.5 Å². The number of piperidine rings is 1. The second kappa shape index (κ2) is 8.28. The van der Waals surface area contributed by atoms with E-state index in [2.05, 4.69) is 39.5 Å². The molecule has 1 aliphatic rings. The van der Waals surface area contributed by atoms with Gasteiger partial charge >= 0.3 is 0 Å². The Morgan fingerprint density at radius 3 is 2.13 bits per heavy atom. The van der Waals surface area contributed by atoms with Crippen LogP contribution in [0.25, 0.3) is 0 Å². The molecule has 0 bridgehead atoms. The summed E-state index contributed by atoms with van der Waals surface area (Å²) >= 11 is 0. The van der Waals surface area contributed by atoms with Gasteiger partial charge in [0.2, 0.25) is 0 Å². The lowest BCUT2D eigenvalue weighted by molar-refractivity contribution is -0.100. The molecule has 1 saturated heterocycles. The Hall–Kier alpha value is -0.160. The van der Waals surface area contributed by atoms with Crippen LogP contribution in [0.2, 0.25) is 0 Å². The third-order valence-corrected chi connectivity index (χ3v) is 6.68. The Labute approximate surface area is 143 Å². The summed E-state index contributed by atoms with van der Waals surface area (Å²) in [5.41, 5.74) is 0.501. The first-order chi connectivity index (χ1) is 10.6. The molecule has 4 nitrogen and oxygen atoms in total. The van der Waals surface area contributed by atoms with Crippen LogP contribution in [0.1, 0.15) is 80.6 Å². The van der Waals surface area contributed by atoms with Crippen LogP contribution in [0, 0.1) is 5.92 Å². The van der Waals surface area contributed by atoms with E-state index in [1.54, 1.807) is 18.7 Å². The van der Waals surface area contributed by atoms with Crippen molar-refractivity contribution in [2.24, 2.45) is 5.92 Å². The van der Waals surface area contributed by atoms with Crippen LogP contribution in [0.3, 0.4) is 0 Å². The number of hydrogen-bond acceptors (Lipinski definition) is 4. The van der Waals surface area contributed by atoms with Crippen molar-refractivity contribution >= 4 is 0 Å². The number of rotatable bonds is 8. The normalized spacial score (nSPS) is 35.5. The van der Waals surface area contributed by atoms with Crippen LogP contribution < -0.4 is 0 Å². The molecule has 1 aliphatic heterocycles. The zero-order valence-electron chi connectivity index (χ0n) is 16.5. The predicted molar refractivity (Wildman–Crippen MR) is 97.2 cm³/mol. The highest BCUT2D eigenvalue weighted by atomic mass is 16.3. The van der Waals surface area contributed by atoms with Crippen molar-refractivity contribution in [1.82, 2.24) is 9.80 Å². The summed E-state index contributed by atoms with van der Waals surface area (Å²) in [7, 11) is 0. The van der Waals surface area contributed by atoms with E-state index in [9.17, 15) is 10.2 Å². The number of aliphatic hydroxyl groups is 2. The lowest BCUT2D eigenvalue weighted by atomic mass is 9.69. The molecule has 0 radical (unpaired) electrons. The van der Waals surface area contributed by atoms with Crippen molar-refractivity contribution < 1.29 is 10.2 Å². The highest BCUT2D eigenvalue weighted by molar-refractivity contribution is 5.03. The van der Waals surface area contributed by atoms with Gasteiger partial charge in [-0.15, -0.1) is 0 Å². The predicted octanol–water partition coefficient (Wildman–Crippen LogP) is 3.42. The quantitative estimate of drug-likeness (QED) is 0.670. The molecular weight excluding hydrogens is 288 g/mol. The maximum Gasteiger partial charge on any atom is 0.106 e. The summed E-state index contributed by atoms with van der Waals surface area (Å²) in [5.74, 6) is 0.705. The summed E-state index contributed by atoms with van der Waals surface area (Å²) in [4.78, 5) is 4.48. The van der Waals surface area contributed by atoms with Gasteiger partial charge in [-0.2, -0.15) is 0 Å². The Morgan fingerprint density at radius 1 is 1.13 bits per heavy atom. The first kappa shape index (κ1) is 20.9. The number of likely N-dealkylation sites (tertiary alicyclic amines) is 1. The zero-order chi connectivity index (χ0) is 17.8. The molecule has 0 saturated carbocycles. The van der Waals surface area contributed by atoms with E-state index >= 15 is 0 Å². The Kier molecular flexibility index (Phi) is 7.52. The second-order valence-corrected chi connectivity index (χ2v) is 8.01. The first-order valence-electron chi connectivity index (χ1n) is 9.52. The summed E-state index contributed by atoms with van der Waals surface area (Å²) in [6.07, 6.45) is 4.66. The minimum atomic E-state index is -0.606. The fraction of sp³-hybridized carbons (Fsp3) is 1.00. The topological polar surface area (TPSA) is 46.9 Å². The van der Waals surface area contributed by atoms with E-state index < -0.39 is 12.5 Å². The fourth-order valence-electron chi connectivity index (χ4n) is 4.39. The molecule has 138 valence electrons. The van der Waals surface area contributed by atoms with Gasteiger partial charge in [-0.25, -0.2) is 0 Å². The largest absolute Gasteiger partial charge is 0.379 e. The summed E-state index contributed by atoms with van der Waals surface area (Å²) < 4.78 is 0. The van der Waals surface area contributed by atoms with E-state index in [4.69, 9.17) is 0 Å². The second-order valence-electron chi connectivity index (χ2n) is 8.01. The van der Waals surface area contributed by atoms with Crippen molar-refractivity contribution in [3.05, 3.63) is 0 Å². The molecule has 5 unspecified atom stereocenters. The molecule has 0 aromatic rings. The monoisotopic (exact) mass is 328 g/mol. The molecule has 0 aromatic carbocycles. The van der Waals surface area contributed by atoms with Crippen LogP contribution in [-0.2, 0) is 0 Å². The molecule has 1 rings (SSSR count). The molecule has 0 aromatic heterocycles. The van der Waals surface area contributed by atoms with E-state index in [0.717, 1.165) is 19.5 Å². The van der Waals surface area contributed by atoms with Gasteiger partial charge in [-0.3, -0.25) is 9.80 Å². The lowest BCUT2D eigenvalue weighted by Gasteiger charge is -2.58. The standard InChI is InChI=1S/C19H40N2O2/c1-8-18(6)12-11-15(3)19(7,9-2)21(18)14-10-13-20(16(4)22)17(5)23/h15-17,22-23H,8-14H2,1-7H3. The van der Waals surface area contributed by atoms with Crippen LogP contribution in [-0.4, -0.2) is 56.6 Å². The van der Waals surface area contributed by atoms with Gasteiger partial charge in [0.15, 0.2) is 0 Å². The van der Waals surface area contributed by atoms with Gasteiger partial charge in [0, 0.05) is 24.2 Å². The van der Waals surface area contributed by atoms with E-state index in [0.29, 0.717) is 5.92 Å². The van der Waals surface area contributed by atoms with Crippen LogP contribution in [0.5, 0.6) is 0 Å². The zero-order valence-corrected chi connectivity index (χ0v) is 16.5. The maximum atomic E-state index is 9.81. The first-order valence-corrected chi connectivity index (χ1v) is 9.52. The molecule has 0 amide bonds. The van der Waals surface area contributed by atoms with E-state index in [1.165, 1.54) is 25.7 Å². The molecule has 1 fully saturated rings. The van der Waals surface area contributed by atoms with Crippen LogP contribution in [0.4, 0.5) is 0 Å². The van der Waals surface area contributed by atoms with Gasteiger partial charge < -0.3 is 10.2 Å². The van der Waals surface area contributed by atoms with E-state index in [-0.39, 0.29) is 11.1 Å². The number of aliphatic hydroxyl groups excluding tert-OH is 2. The number of nitrogens with zero attached hydrogens (tertiary/aromatic N) is 2. The highest BCUT2D eigenvalue weighted by Crippen LogP contribution is 2.45. The SMILES string of the molecule is CCC1(C)CCC(C)C(C)(CC)N1CCCN(C(C)O)C(C)O. The average Bonchev–Trinajstić information content (AvgIpc) is 2.49. The number of hydrogen-bond donors (Lipinski definition) is 2. The third-order valence-electron chi connectivity index (χ3n) is 6.68. The molecule has 0 aliphatic carbocycles. The maximum absolute atomic E-state index is 9.81. The van der Waals surface area contributed by atoms with Crippen molar-refractivity contribution in [2.45, 2.75) is 104 Å². The Bertz CT molecular complexity index is 353. The van der Waals surface area contributed by atoms with Gasteiger partial charge in [-0.1, -0.05) is 20.8 Å². The highest BCUT2D eigenvalue weighted by Gasteiger charge is 2.47. The summed E-state index contributed by atoms with van der Waals surface area (Å²) in [5, 5.41) is 19.6. The molecule has 23 heavy (non-hydrogen) atoms. The minimum Gasteiger partial charge on any atom is -0.379 e. The molecule has 4 heteroatoms. The van der Waals surface area contributed by atoms with Crippen molar-refractivity contribution in [3.63, 3.8) is 0 Å².